The lowest BCUT2D eigenvalue weighted by Gasteiger charge is -2.11. The van der Waals surface area contributed by atoms with Gasteiger partial charge in [-0.2, -0.15) is 0 Å². The number of rotatable bonds is 4. The molecule has 0 fully saturated rings. The van der Waals surface area contributed by atoms with Gasteiger partial charge in [0.2, 0.25) is 0 Å². The summed E-state index contributed by atoms with van der Waals surface area (Å²) >= 11 is 0. The highest BCUT2D eigenvalue weighted by atomic mass is 16.5. The van der Waals surface area contributed by atoms with E-state index in [0.29, 0.717) is 0 Å². The van der Waals surface area contributed by atoms with Crippen LogP contribution in [0.1, 0.15) is 18.6 Å². The number of hydrogen-bond donors (Lipinski definition) is 0. The van der Waals surface area contributed by atoms with Crippen LogP contribution in [-0.2, 0) is 4.74 Å². The van der Waals surface area contributed by atoms with Gasteiger partial charge in [0.15, 0.2) is 0 Å². The van der Waals surface area contributed by atoms with E-state index in [1.807, 2.05) is 49.4 Å². The van der Waals surface area contributed by atoms with Crippen LogP contribution in [0.4, 0.5) is 0 Å². The summed E-state index contributed by atoms with van der Waals surface area (Å²) in [5.41, 5.74) is 1.14. The van der Waals surface area contributed by atoms with Gasteiger partial charge in [-0.1, -0.05) is 43.0 Å². The molecule has 0 aromatic heterocycles. The smallest absolute Gasteiger partial charge is 0.141 e. The second kappa shape index (κ2) is 5.20. The van der Waals surface area contributed by atoms with Gasteiger partial charge in [0.1, 0.15) is 6.10 Å². The van der Waals surface area contributed by atoms with Crippen molar-refractivity contribution in [1.82, 2.24) is 0 Å². The summed E-state index contributed by atoms with van der Waals surface area (Å²) in [5.74, 6) is 0. The summed E-state index contributed by atoms with van der Waals surface area (Å²) in [6.07, 6.45) is 5.43. The van der Waals surface area contributed by atoms with E-state index >= 15 is 0 Å². The fourth-order valence-electron chi connectivity index (χ4n) is 1.16. The lowest BCUT2D eigenvalue weighted by molar-refractivity contribution is 0.191. The van der Waals surface area contributed by atoms with E-state index in [0.717, 1.165) is 5.56 Å². The van der Waals surface area contributed by atoms with Crippen molar-refractivity contribution in [3.8, 4) is 0 Å². The molecule has 0 saturated heterocycles. The molecule has 0 bridgehead atoms. The number of ether oxygens (including phenoxy) is 1. The molecule has 1 aromatic carbocycles. The fourth-order valence-corrected chi connectivity index (χ4v) is 1.16. The van der Waals surface area contributed by atoms with Crippen LogP contribution in [0.15, 0.2) is 55.3 Å². The van der Waals surface area contributed by atoms with Gasteiger partial charge in [-0.25, -0.2) is 0 Å². The Morgan fingerprint density at radius 2 is 2.00 bits per heavy atom. The number of benzene rings is 1. The average Bonchev–Trinajstić information content (AvgIpc) is 2.19. The Balaban J connectivity index is 2.81. The molecule has 0 aliphatic heterocycles. The Hall–Kier alpha value is -1.50. The lowest BCUT2D eigenvalue weighted by Crippen LogP contribution is -1.95. The van der Waals surface area contributed by atoms with Crippen LogP contribution in [0.25, 0.3) is 0 Å². The number of allylic oxidation sites excluding steroid dienone is 1. The first kappa shape index (κ1) is 9.59. The molecule has 0 saturated carbocycles. The second-order valence-electron chi connectivity index (χ2n) is 2.66. The van der Waals surface area contributed by atoms with Gasteiger partial charge in [0.05, 0.1) is 6.26 Å². The Labute approximate surface area is 79.4 Å². The predicted octanol–water partition coefficient (Wildman–Crippen LogP) is 3.46. The van der Waals surface area contributed by atoms with E-state index in [4.69, 9.17) is 4.74 Å². The van der Waals surface area contributed by atoms with Gasteiger partial charge in [-0.3, -0.25) is 0 Å². The first-order valence-electron chi connectivity index (χ1n) is 4.32. The Morgan fingerprint density at radius 1 is 1.31 bits per heavy atom. The van der Waals surface area contributed by atoms with E-state index in [1.165, 1.54) is 6.26 Å². The van der Waals surface area contributed by atoms with Crippen molar-refractivity contribution in [1.29, 1.82) is 0 Å². The summed E-state index contributed by atoms with van der Waals surface area (Å²) in [6, 6.07) is 10.1. The molecule has 1 unspecified atom stereocenters. The monoisotopic (exact) mass is 174 g/mol. The first-order chi connectivity index (χ1) is 6.38. The van der Waals surface area contributed by atoms with Gasteiger partial charge in [0.25, 0.3) is 0 Å². The summed E-state index contributed by atoms with van der Waals surface area (Å²) in [5, 5.41) is 0. The standard InChI is InChI=1S/C12H14O/c1-3-8-12(13-4-2)11-9-6-5-7-10-11/h3-10,12H,2H2,1H3/b8-3+. The summed E-state index contributed by atoms with van der Waals surface area (Å²) in [6.45, 7) is 5.53. The zero-order valence-corrected chi connectivity index (χ0v) is 7.81. The van der Waals surface area contributed by atoms with Crippen molar-refractivity contribution < 1.29 is 4.74 Å². The van der Waals surface area contributed by atoms with E-state index in [-0.39, 0.29) is 6.10 Å². The molecule has 0 aliphatic carbocycles. The fraction of sp³-hybridized carbons (Fsp3) is 0.167. The average molecular weight is 174 g/mol. The predicted molar refractivity (Wildman–Crippen MR) is 55.3 cm³/mol. The minimum Gasteiger partial charge on any atom is -0.490 e. The van der Waals surface area contributed by atoms with Crippen molar-refractivity contribution in [3.63, 3.8) is 0 Å². The first-order valence-corrected chi connectivity index (χ1v) is 4.32. The normalized spacial score (nSPS) is 12.7. The van der Waals surface area contributed by atoms with E-state index in [9.17, 15) is 0 Å². The topological polar surface area (TPSA) is 9.23 Å². The van der Waals surface area contributed by atoms with Crippen LogP contribution in [0.3, 0.4) is 0 Å². The third kappa shape index (κ3) is 2.79. The van der Waals surface area contributed by atoms with Crippen LogP contribution in [0.5, 0.6) is 0 Å². The molecule has 0 amide bonds. The van der Waals surface area contributed by atoms with E-state index < -0.39 is 0 Å². The van der Waals surface area contributed by atoms with Crippen molar-refractivity contribution in [2.75, 3.05) is 0 Å². The van der Waals surface area contributed by atoms with Gasteiger partial charge in [-0.15, -0.1) is 0 Å². The van der Waals surface area contributed by atoms with Crippen molar-refractivity contribution in [2.45, 2.75) is 13.0 Å². The Kier molecular flexibility index (Phi) is 3.83. The third-order valence-electron chi connectivity index (χ3n) is 1.74. The van der Waals surface area contributed by atoms with Crippen molar-refractivity contribution >= 4 is 0 Å². The molecule has 1 nitrogen and oxygen atoms in total. The molecule has 68 valence electrons. The molecule has 1 aromatic rings. The van der Waals surface area contributed by atoms with E-state index in [2.05, 4.69) is 6.58 Å². The highest BCUT2D eigenvalue weighted by Gasteiger charge is 2.04. The summed E-state index contributed by atoms with van der Waals surface area (Å²) in [4.78, 5) is 0. The minimum atomic E-state index is -0.0105. The second-order valence-corrected chi connectivity index (χ2v) is 2.66. The zero-order chi connectivity index (χ0) is 9.52. The molecule has 0 spiro atoms. The van der Waals surface area contributed by atoms with E-state index in [1.54, 1.807) is 0 Å². The highest BCUT2D eigenvalue weighted by molar-refractivity contribution is 5.21. The number of hydrogen-bond acceptors (Lipinski definition) is 1. The quantitative estimate of drug-likeness (QED) is 0.501. The summed E-state index contributed by atoms with van der Waals surface area (Å²) < 4.78 is 5.35. The maximum atomic E-state index is 5.35. The SMILES string of the molecule is C=COC(/C=C/C)c1ccccc1. The van der Waals surface area contributed by atoms with Crippen LogP contribution < -0.4 is 0 Å². The maximum absolute atomic E-state index is 5.35. The lowest BCUT2D eigenvalue weighted by atomic mass is 10.1. The van der Waals surface area contributed by atoms with Gasteiger partial charge in [0, 0.05) is 0 Å². The van der Waals surface area contributed by atoms with Crippen LogP contribution in [-0.4, -0.2) is 0 Å². The molecule has 13 heavy (non-hydrogen) atoms. The zero-order valence-electron chi connectivity index (χ0n) is 7.81. The maximum Gasteiger partial charge on any atom is 0.141 e. The molecule has 0 radical (unpaired) electrons. The van der Waals surface area contributed by atoms with Crippen molar-refractivity contribution in [2.24, 2.45) is 0 Å². The molecule has 0 heterocycles. The molecule has 0 N–H and O–H groups in total. The van der Waals surface area contributed by atoms with Gasteiger partial charge >= 0.3 is 0 Å². The molecule has 1 atom stereocenters. The molecule has 1 heteroatoms. The Morgan fingerprint density at radius 3 is 2.54 bits per heavy atom. The largest absolute Gasteiger partial charge is 0.490 e. The van der Waals surface area contributed by atoms with Gasteiger partial charge in [-0.05, 0) is 18.6 Å². The minimum absolute atomic E-state index is 0.0105. The van der Waals surface area contributed by atoms with Crippen molar-refractivity contribution in [3.05, 3.63) is 60.9 Å². The molecule has 1 rings (SSSR count). The van der Waals surface area contributed by atoms with Crippen LogP contribution in [0.2, 0.25) is 0 Å². The third-order valence-corrected chi connectivity index (χ3v) is 1.74. The molecular weight excluding hydrogens is 160 g/mol. The van der Waals surface area contributed by atoms with Crippen LogP contribution >= 0.6 is 0 Å². The van der Waals surface area contributed by atoms with Gasteiger partial charge < -0.3 is 4.74 Å². The molecular formula is C12H14O. The molecule has 0 aliphatic rings. The summed E-state index contributed by atoms with van der Waals surface area (Å²) in [7, 11) is 0. The van der Waals surface area contributed by atoms with Crippen LogP contribution in [0, 0.1) is 0 Å². The Bertz CT molecular complexity index is 274. The highest BCUT2D eigenvalue weighted by Crippen LogP contribution is 2.18.